The van der Waals surface area contributed by atoms with Crippen LogP contribution in [0.15, 0.2) is 59.1 Å². The number of nitrogens with zero attached hydrogens (tertiary/aromatic N) is 3. The molecule has 0 amide bonds. The molecule has 3 rings (SSSR count). The van der Waals surface area contributed by atoms with E-state index in [1.165, 1.54) is 0 Å². The normalized spacial score (nSPS) is 10.4. The van der Waals surface area contributed by atoms with E-state index in [9.17, 15) is 0 Å². The molecule has 0 aliphatic heterocycles. The molecule has 0 radical (unpaired) electrons. The van der Waals surface area contributed by atoms with Crippen LogP contribution in [0.25, 0.3) is 23.0 Å². The Morgan fingerprint density at radius 2 is 1.53 bits per heavy atom. The van der Waals surface area contributed by atoms with Crippen molar-refractivity contribution in [3.63, 3.8) is 0 Å². The van der Waals surface area contributed by atoms with E-state index in [1.807, 2.05) is 48.5 Å². The van der Waals surface area contributed by atoms with Crippen LogP contribution in [-0.4, -0.2) is 15.2 Å². The molecule has 4 nitrogen and oxygen atoms in total. The van der Waals surface area contributed by atoms with Crippen molar-refractivity contribution < 1.29 is 4.42 Å². The Hall–Kier alpha value is -2.49. The van der Waals surface area contributed by atoms with Gasteiger partial charge in [-0.1, -0.05) is 24.3 Å². The molecule has 0 N–H and O–H groups in total. The summed E-state index contributed by atoms with van der Waals surface area (Å²) < 4.78 is 5.57. The van der Waals surface area contributed by atoms with Crippen LogP contribution in [0, 0.1) is 0 Å². The fourth-order valence-electron chi connectivity index (χ4n) is 1.51. The van der Waals surface area contributed by atoms with Crippen LogP contribution >= 0.6 is 0 Å². The second-order valence-electron chi connectivity index (χ2n) is 3.49. The minimum atomic E-state index is 0.435. The Bertz CT molecular complexity index is 551. The summed E-state index contributed by atoms with van der Waals surface area (Å²) in [6.07, 6.45) is 1.70. The highest BCUT2D eigenvalue weighted by Crippen LogP contribution is 2.21. The quantitative estimate of drug-likeness (QED) is 0.670. The third-order valence-corrected chi connectivity index (χ3v) is 2.33. The fourth-order valence-corrected chi connectivity index (χ4v) is 1.51. The van der Waals surface area contributed by atoms with E-state index < -0.39 is 0 Å². The van der Waals surface area contributed by atoms with Crippen molar-refractivity contribution in [2.45, 2.75) is 0 Å². The molecule has 3 aromatic rings. The third kappa shape index (κ3) is 1.92. The van der Waals surface area contributed by atoms with Crippen molar-refractivity contribution in [2.75, 3.05) is 0 Å². The molecule has 0 spiro atoms. The first-order chi connectivity index (χ1) is 8.43. The predicted octanol–water partition coefficient (Wildman–Crippen LogP) is 2.80. The summed E-state index contributed by atoms with van der Waals surface area (Å²) in [6, 6.07) is 15.2. The molecule has 17 heavy (non-hydrogen) atoms. The van der Waals surface area contributed by atoms with Crippen LogP contribution in [0.5, 0.6) is 0 Å². The highest BCUT2D eigenvalue weighted by Gasteiger charge is 2.10. The van der Waals surface area contributed by atoms with Crippen molar-refractivity contribution >= 4 is 0 Å². The Balaban J connectivity index is 1.99. The SMILES string of the molecule is c1ccc(-c2nnc(-c3ccccn3)o2)cc1. The third-order valence-electron chi connectivity index (χ3n) is 2.33. The van der Waals surface area contributed by atoms with Crippen molar-refractivity contribution in [1.82, 2.24) is 15.2 Å². The standard InChI is InChI=1S/C13H9N3O/c1-2-6-10(7-3-1)12-15-16-13(17-12)11-8-4-5-9-14-11/h1-9H. The van der Waals surface area contributed by atoms with Crippen molar-refractivity contribution in [1.29, 1.82) is 0 Å². The largest absolute Gasteiger partial charge is 0.415 e. The molecule has 0 aliphatic carbocycles. The molecule has 0 atom stereocenters. The minimum Gasteiger partial charge on any atom is -0.415 e. The van der Waals surface area contributed by atoms with Crippen LogP contribution < -0.4 is 0 Å². The smallest absolute Gasteiger partial charge is 0.266 e. The van der Waals surface area contributed by atoms with Gasteiger partial charge in [-0.15, -0.1) is 10.2 Å². The Morgan fingerprint density at radius 3 is 2.29 bits per heavy atom. The zero-order valence-corrected chi connectivity index (χ0v) is 8.95. The van der Waals surface area contributed by atoms with Gasteiger partial charge in [-0.3, -0.25) is 4.98 Å². The molecule has 0 aliphatic rings. The van der Waals surface area contributed by atoms with Crippen LogP contribution in [0.3, 0.4) is 0 Å². The second-order valence-corrected chi connectivity index (χ2v) is 3.49. The number of hydrogen-bond donors (Lipinski definition) is 0. The summed E-state index contributed by atoms with van der Waals surface area (Å²) in [5.74, 6) is 0.940. The summed E-state index contributed by atoms with van der Waals surface area (Å²) in [5, 5.41) is 7.99. The van der Waals surface area contributed by atoms with E-state index in [2.05, 4.69) is 15.2 Å². The monoisotopic (exact) mass is 223 g/mol. The van der Waals surface area contributed by atoms with Gasteiger partial charge >= 0.3 is 0 Å². The van der Waals surface area contributed by atoms with E-state index in [1.54, 1.807) is 6.20 Å². The van der Waals surface area contributed by atoms with Gasteiger partial charge in [0.2, 0.25) is 5.89 Å². The predicted molar refractivity (Wildman–Crippen MR) is 63.0 cm³/mol. The second kappa shape index (κ2) is 4.17. The van der Waals surface area contributed by atoms with Crippen LogP contribution in [0.4, 0.5) is 0 Å². The molecule has 4 heteroatoms. The van der Waals surface area contributed by atoms with Gasteiger partial charge in [0.15, 0.2) is 0 Å². The molecule has 1 aromatic carbocycles. The minimum absolute atomic E-state index is 0.435. The molecule has 0 unspecified atom stereocenters. The molecule has 2 heterocycles. The average Bonchev–Trinajstić information content (AvgIpc) is 2.90. The lowest BCUT2D eigenvalue weighted by Crippen LogP contribution is -1.80. The molecule has 0 fully saturated rings. The number of hydrogen-bond acceptors (Lipinski definition) is 4. The molecule has 0 saturated heterocycles. The van der Waals surface area contributed by atoms with Gasteiger partial charge in [0.05, 0.1) is 0 Å². The number of pyridine rings is 1. The first-order valence-corrected chi connectivity index (χ1v) is 5.24. The molecular weight excluding hydrogens is 214 g/mol. The maximum Gasteiger partial charge on any atom is 0.266 e. The topological polar surface area (TPSA) is 51.8 Å². The van der Waals surface area contributed by atoms with Gasteiger partial charge < -0.3 is 4.42 Å². The van der Waals surface area contributed by atoms with E-state index in [-0.39, 0.29) is 0 Å². The fraction of sp³-hybridized carbons (Fsp3) is 0. The average molecular weight is 223 g/mol. The first kappa shape index (κ1) is 9.72. The number of rotatable bonds is 2. The van der Waals surface area contributed by atoms with E-state index >= 15 is 0 Å². The molecular formula is C13H9N3O. The summed E-state index contributed by atoms with van der Waals surface area (Å²) in [6.45, 7) is 0. The van der Waals surface area contributed by atoms with Gasteiger partial charge in [-0.2, -0.15) is 0 Å². The van der Waals surface area contributed by atoms with Crippen LogP contribution in [-0.2, 0) is 0 Å². The van der Waals surface area contributed by atoms with Crippen molar-refractivity contribution in [2.24, 2.45) is 0 Å². The van der Waals surface area contributed by atoms with Gasteiger partial charge in [0, 0.05) is 11.8 Å². The lowest BCUT2D eigenvalue weighted by atomic mass is 10.2. The molecule has 0 saturated carbocycles. The van der Waals surface area contributed by atoms with Gasteiger partial charge in [-0.05, 0) is 24.3 Å². The van der Waals surface area contributed by atoms with Crippen LogP contribution in [0.2, 0.25) is 0 Å². The zero-order chi connectivity index (χ0) is 11.5. The molecule has 0 bridgehead atoms. The maximum atomic E-state index is 5.57. The van der Waals surface area contributed by atoms with Crippen molar-refractivity contribution in [3.8, 4) is 23.0 Å². The number of benzene rings is 1. The van der Waals surface area contributed by atoms with Gasteiger partial charge in [-0.25, -0.2) is 0 Å². The summed E-state index contributed by atoms with van der Waals surface area (Å²) >= 11 is 0. The molecule has 82 valence electrons. The zero-order valence-electron chi connectivity index (χ0n) is 8.95. The molecule has 2 aromatic heterocycles. The Labute approximate surface area is 98.0 Å². The highest BCUT2D eigenvalue weighted by molar-refractivity contribution is 5.55. The highest BCUT2D eigenvalue weighted by atomic mass is 16.4. The first-order valence-electron chi connectivity index (χ1n) is 5.24. The lowest BCUT2D eigenvalue weighted by Gasteiger charge is -1.93. The van der Waals surface area contributed by atoms with Crippen LogP contribution in [0.1, 0.15) is 0 Å². The van der Waals surface area contributed by atoms with E-state index in [0.717, 1.165) is 5.56 Å². The van der Waals surface area contributed by atoms with E-state index in [0.29, 0.717) is 17.5 Å². The van der Waals surface area contributed by atoms with Crippen molar-refractivity contribution in [3.05, 3.63) is 54.7 Å². The number of aromatic nitrogens is 3. The Kier molecular flexibility index (Phi) is 2.38. The lowest BCUT2D eigenvalue weighted by molar-refractivity contribution is 0.582. The van der Waals surface area contributed by atoms with Gasteiger partial charge in [0.1, 0.15) is 5.69 Å². The summed E-state index contributed by atoms with van der Waals surface area (Å²) in [5.41, 5.74) is 1.59. The maximum absolute atomic E-state index is 5.57. The van der Waals surface area contributed by atoms with E-state index in [4.69, 9.17) is 4.42 Å². The summed E-state index contributed by atoms with van der Waals surface area (Å²) in [7, 11) is 0. The van der Waals surface area contributed by atoms with Gasteiger partial charge in [0.25, 0.3) is 5.89 Å². The Morgan fingerprint density at radius 1 is 0.765 bits per heavy atom. The summed E-state index contributed by atoms with van der Waals surface area (Å²) in [4.78, 5) is 4.16.